The van der Waals surface area contributed by atoms with E-state index in [9.17, 15) is 9.59 Å². The molecule has 0 atom stereocenters. The minimum Gasteiger partial charge on any atom is -0.482 e. The van der Waals surface area contributed by atoms with Gasteiger partial charge in [-0.1, -0.05) is 12.1 Å². The summed E-state index contributed by atoms with van der Waals surface area (Å²) in [6.07, 6.45) is 3.26. The van der Waals surface area contributed by atoms with E-state index in [-0.39, 0.29) is 12.0 Å². The van der Waals surface area contributed by atoms with Gasteiger partial charge in [0, 0.05) is 62.9 Å². The molecule has 0 bridgehead atoms. The Morgan fingerprint density at radius 1 is 1.05 bits per heavy atom. The van der Waals surface area contributed by atoms with Crippen LogP contribution in [0.2, 0.25) is 0 Å². The third kappa shape index (κ3) is 5.76. The lowest BCUT2D eigenvalue weighted by atomic mass is 9.82. The van der Waals surface area contributed by atoms with Crippen LogP contribution >= 0.6 is 0 Å². The number of benzene rings is 2. The maximum atomic E-state index is 12.8. The number of hydrogen-bond donors (Lipinski definition) is 1. The first-order valence-corrected chi connectivity index (χ1v) is 13.2. The fraction of sp³-hybridized carbons (Fsp3) is 0.467. The predicted octanol–water partition coefficient (Wildman–Crippen LogP) is 5.80. The standard InChI is InChI=1S/C30H39N3O4/c1-7-32(8-2)27(34)22-11-9-21(10-12-22)25-20-30(36-26-14-13-23(31-6)19-24(25)26)15-17-33(18-16-30)28(35)37-29(3,4)5/h9-14,19-20,31H,7-8,15-18H2,1-6H3. The van der Waals surface area contributed by atoms with Gasteiger partial charge in [-0.05, 0) is 82.2 Å². The van der Waals surface area contributed by atoms with E-state index in [2.05, 4.69) is 17.5 Å². The van der Waals surface area contributed by atoms with Gasteiger partial charge in [0.2, 0.25) is 0 Å². The lowest BCUT2D eigenvalue weighted by Gasteiger charge is -2.43. The van der Waals surface area contributed by atoms with E-state index in [0.29, 0.717) is 44.6 Å². The smallest absolute Gasteiger partial charge is 0.410 e. The van der Waals surface area contributed by atoms with Gasteiger partial charge in [-0.3, -0.25) is 4.79 Å². The molecule has 7 heteroatoms. The average molecular weight is 506 g/mol. The van der Waals surface area contributed by atoms with E-state index in [1.807, 2.05) is 83.0 Å². The Kier molecular flexibility index (Phi) is 7.53. The number of nitrogens with one attached hydrogen (secondary N) is 1. The van der Waals surface area contributed by atoms with Crippen molar-refractivity contribution in [2.75, 3.05) is 38.5 Å². The van der Waals surface area contributed by atoms with Crippen molar-refractivity contribution >= 4 is 23.3 Å². The summed E-state index contributed by atoms with van der Waals surface area (Å²) in [5.74, 6) is 0.867. The van der Waals surface area contributed by atoms with E-state index in [4.69, 9.17) is 9.47 Å². The fourth-order valence-corrected chi connectivity index (χ4v) is 4.94. The van der Waals surface area contributed by atoms with Gasteiger partial charge in [0.1, 0.15) is 17.0 Å². The number of rotatable bonds is 5. The number of likely N-dealkylation sites (tertiary alicyclic amines) is 1. The van der Waals surface area contributed by atoms with E-state index in [1.165, 1.54) is 0 Å². The molecule has 1 saturated heterocycles. The van der Waals surface area contributed by atoms with Crippen LogP contribution in [0, 0.1) is 0 Å². The molecule has 2 heterocycles. The van der Waals surface area contributed by atoms with Gasteiger partial charge in [0.05, 0.1) is 0 Å². The van der Waals surface area contributed by atoms with Crippen molar-refractivity contribution in [2.45, 2.75) is 58.7 Å². The van der Waals surface area contributed by atoms with Gasteiger partial charge < -0.3 is 24.6 Å². The molecule has 2 aromatic rings. The quantitative estimate of drug-likeness (QED) is 0.556. The molecule has 2 aromatic carbocycles. The summed E-state index contributed by atoms with van der Waals surface area (Å²) in [7, 11) is 1.90. The number of carbonyl (C=O) groups is 2. The monoisotopic (exact) mass is 505 g/mol. The van der Waals surface area contributed by atoms with Gasteiger partial charge >= 0.3 is 6.09 Å². The van der Waals surface area contributed by atoms with Crippen LogP contribution in [0.5, 0.6) is 5.75 Å². The van der Waals surface area contributed by atoms with Crippen LogP contribution in [0.15, 0.2) is 48.5 Å². The first kappa shape index (κ1) is 26.6. The molecule has 0 unspecified atom stereocenters. The molecule has 2 aliphatic heterocycles. The molecule has 4 rings (SSSR count). The highest BCUT2D eigenvalue weighted by Crippen LogP contribution is 2.44. The molecule has 2 amide bonds. The molecular formula is C30H39N3O4. The average Bonchev–Trinajstić information content (AvgIpc) is 2.88. The molecule has 37 heavy (non-hydrogen) atoms. The van der Waals surface area contributed by atoms with Crippen molar-refractivity contribution in [3.63, 3.8) is 0 Å². The number of nitrogens with zero attached hydrogens (tertiary/aromatic N) is 2. The largest absolute Gasteiger partial charge is 0.482 e. The molecule has 0 aliphatic carbocycles. The summed E-state index contributed by atoms with van der Waals surface area (Å²) in [6.45, 7) is 12.1. The summed E-state index contributed by atoms with van der Waals surface area (Å²) in [4.78, 5) is 29.0. The van der Waals surface area contributed by atoms with E-state index >= 15 is 0 Å². The van der Waals surface area contributed by atoms with Crippen LogP contribution < -0.4 is 10.1 Å². The second-order valence-electron chi connectivity index (χ2n) is 10.7. The zero-order chi connectivity index (χ0) is 26.8. The minimum absolute atomic E-state index is 0.0429. The van der Waals surface area contributed by atoms with E-state index < -0.39 is 11.2 Å². The lowest BCUT2D eigenvalue weighted by molar-refractivity contribution is -0.00117. The molecule has 7 nitrogen and oxygen atoms in total. The summed E-state index contributed by atoms with van der Waals surface area (Å²) in [5, 5.41) is 3.22. The Balaban J connectivity index is 1.65. The van der Waals surface area contributed by atoms with Crippen LogP contribution in [-0.2, 0) is 4.74 Å². The Labute approximate surface area is 220 Å². The van der Waals surface area contributed by atoms with Crippen LogP contribution in [0.25, 0.3) is 5.57 Å². The molecule has 0 aromatic heterocycles. The predicted molar refractivity (Wildman–Crippen MR) is 147 cm³/mol. The SMILES string of the molecule is CCN(CC)C(=O)c1ccc(C2=CC3(CCN(C(=O)OC(C)(C)C)CC3)Oc3ccc(NC)cc32)cc1. The van der Waals surface area contributed by atoms with Crippen LogP contribution in [0.4, 0.5) is 10.5 Å². The minimum atomic E-state index is -0.524. The molecule has 0 radical (unpaired) electrons. The first-order chi connectivity index (χ1) is 17.6. The summed E-state index contributed by atoms with van der Waals surface area (Å²) < 4.78 is 12.2. The van der Waals surface area contributed by atoms with E-state index in [0.717, 1.165) is 28.1 Å². The zero-order valence-corrected chi connectivity index (χ0v) is 22.9. The van der Waals surface area contributed by atoms with Crippen LogP contribution in [0.3, 0.4) is 0 Å². The number of carbonyl (C=O) groups excluding carboxylic acids is 2. The fourth-order valence-electron chi connectivity index (χ4n) is 4.94. The maximum absolute atomic E-state index is 12.8. The number of hydrogen-bond acceptors (Lipinski definition) is 5. The van der Waals surface area contributed by atoms with Gasteiger partial charge in [0.25, 0.3) is 5.91 Å². The Bertz CT molecular complexity index is 1170. The normalized spacial score (nSPS) is 16.4. The van der Waals surface area contributed by atoms with E-state index in [1.54, 1.807) is 4.90 Å². The van der Waals surface area contributed by atoms with Crippen molar-refractivity contribution in [2.24, 2.45) is 0 Å². The van der Waals surface area contributed by atoms with Crippen molar-refractivity contribution in [3.8, 4) is 5.75 Å². The molecule has 2 aliphatic rings. The highest BCUT2D eigenvalue weighted by molar-refractivity contribution is 5.95. The van der Waals surface area contributed by atoms with Crippen LogP contribution in [-0.4, -0.2) is 66.2 Å². The Hall–Kier alpha value is -3.48. The molecule has 1 fully saturated rings. The number of amides is 2. The lowest BCUT2D eigenvalue weighted by Crippen LogP contribution is -2.50. The molecule has 198 valence electrons. The Morgan fingerprint density at radius 2 is 1.70 bits per heavy atom. The van der Waals surface area contributed by atoms with Crippen molar-refractivity contribution in [1.29, 1.82) is 0 Å². The molecule has 0 saturated carbocycles. The summed E-state index contributed by atoms with van der Waals surface area (Å²) in [6, 6.07) is 14.0. The highest BCUT2D eigenvalue weighted by atomic mass is 16.6. The second-order valence-corrected chi connectivity index (χ2v) is 10.7. The topological polar surface area (TPSA) is 71.1 Å². The molecule has 1 spiro atoms. The third-order valence-corrected chi connectivity index (χ3v) is 7.03. The molecule has 1 N–H and O–H groups in total. The van der Waals surface area contributed by atoms with Gasteiger partial charge in [-0.15, -0.1) is 0 Å². The number of piperidine rings is 1. The van der Waals surface area contributed by atoms with Crippen molar-refractivity contribution in [3.05, 3.63) is 65.2 Å². The van der Waals surface area contributed by atoms with Crippen LogP contribution in [0.1, 0.15) is 68.9 Å². The number of ether oxygens (including phenoxy) is 2. The van der Waals surface area contributed by atoms with Gasteiger partial charge in [0.15, 0.2) is 0 Å². The number of anilines is 1. The summed E-state index contributed by atoms with van der Waals surface area (Å²) >= 11 is 0. The van der Waals surface area contributed by atoms with Crippen molar-refractivity contribution < 1.29 is 19.1 Å². The first-order valence-electron chi connectivity index (χ1n) is 13.2. The third-order valence-electron chi connectivity index (χ3n) is 7.03. The maximum Gasteiger partial charge on any atom is 0.410 e. The van der Waals surface area contributed by atoms with Gasteiger partial charge in [-0.2, -0.15) is 0 Å². The van der Waals surface area contributed by atoms with Gasteiger partial charge in [-0.25, -0.2) is 4.79 Å². The zero-order valence-electron chi connectivity index (χ0n) is 22.9. The van der Waals surface area contributed by atoms with Crippen molar-refractivity contribution in [1.82, 2.24) is 9.80 Å². The summed E-state index contributed by atoms with van der Waals surface area (Å²) in [5.41, 5.74) is 3.76. The second kappa shape index (κ2) is 10.5. The Morgan fingerprint density at radius 3 is 2.27 bits per heavy atom. The number of fused-ring (bicyclic) bond motifs is 1. The highest BCUT2D eigenvalue weighted by Gasteiger charge is 2.41. The molecular weight excluding hydrogens is 466 g/mol.